The largest absolute Gasteiger partial charge is 0.390 e. The van der Waals surface area contributed by atoms with Crippen LogP contribution in [0.3, 0.4) is 0 Å². The zero-order chi connectivity index (χ0) is 27.0. The molecule has 2 N–H and O–H groups in total. The van der Waals surface area contributed by atoms with E-state index in [1.807, 2.05) is 45.0 Å². The van der Waals surface area contributed by atoms with Crippen LogP contribution in [0, 0.1) is 5.92 Å². The number of rotatable bonds is 7. The number of fused-ring (bicyclic) bond motifs is 1. The Bertz CT molecular complexity index is 1380. The van der Waals surface area contributed by atoms with Gasteiger partial charge in [-0.1, -0.05) is 29.8 Å². The first-order chi connectivity index (χ1) is 18.1. The molecule has 0 bridgehead atoms. The summed E-state index contributed by atoms with van der Waals surface area (Å²) in [4.78, 5) is 33.8. The van der Waals surface area contributed by atoms with E-state index in [0.29, 0.717) is 39.1 Å². The van der Waals surface area contributed by atoms with Gasteiger partial charge in [-0.25, -0.2) is 4.98 Å². The number of hydrogen-bond acceptors (Lipinski definition) is 5. The maximum Gasteiger partial charge on any atom is 0.262 e. The van der Waals surface area contributed by atoms with Gasteiger partial charge in [0.25, 0.3) is 5.56 Å². The van der Waals surface area contributed by atoms with Gasteiger partial charge in [0, 0.05) is 36.3 Å². The standard InChI is InChI=1S/C30H37ClN4O3/c1-19(2)32-27(36)18-35-28(22-5-4-6-24(31)15-22)33-26-8-7-21(16-25(26)29(35)37)23-13-20(14-23)17-34-11-9-30(3,38)10-12-34/h4-8,15-16,19-20,23,38H,9-14,17-18H2,1-3H3,(H,32,36)/t20-,23+. The highest BCUT2D eigenvalue weighted by molar-refractivity contribution is 6.30. The molecule has 2 heterocycles. The molecular weight excluding hydrogens is 500 g/mol. The Hall–Kier alpha value is -2.74. The number of amides is 1. The Balaban J connectivity index is 1.39. The van der Waals surface area contributed by atoms with Gasteiger partial charge in [0.15, 0.2) is 0 Å². The molecule has 5 rings (SSSR count). The van der Waals surface area contributed by atoms with Crippen LogP contribution in [0.5, 0.6) is 0 Å². The summed E-state index contributed by atoms with van der Waals surface area (Å²) in [5, 5.41) is 14.2. The van der Waals surface area contributed by atoms with Crippen LogP contribution in [-0.2, 0) is 11.3 Å². The van der Waals surface area contributed by atoms with Gasteiger partial charge in [-0.2, -0.15) is 0 Å². The van der Waals surface area contributed by atoms with Crippen molar-refractivity contribution < 1.29 is 9.90 Å². The van der Waals surface area contributed by atoms with Gasteiger partial charge in [0.2, 0.25) is 5.91 Å². The Morgan fingerprint density at radius 1 is 1.18 bits per heavy atom. The van der Waals surface area contributed by atoms with Crippen molar-refractivity contribution >= 4 is 28.4 Å². The lowest BCUT2D eigenvalue weighted by Gasteiger charge is -2.42. The molecule has 3 aromatic rings. The predicted molar refractivity (Wildman–Crippen MR) is 151 cm³/mol. The maximum atomic E-state index is 13.8. The Morgan fingerprint density at radius 3 is 2.61 bits per heavy atom. The highest BCUT2D eigenvalue weighted by Gasteiger charge is 2.34. The number of aromatic nitrogens is 2. The molecule has 1 aliphatic heterocycles. The van der Waals surface area contributed by atoms with Crippen LogP contribution in [0.25, 0.3) is 22.3 Å². The van der Waals surface area contributed by atoms with Crippen LogP contribution in [-0.4, -0.2) is 56.7 Å². The molecule has 0 atom stereocenters. The molecule has 0 spiro atoms. The molecule has 1 amide bonds. The van der Waals surface area contributed by atoms with Crippen molar-refractivity contribution in [3.8, 4) is 11.4 Å². The first kappa shape index (κ1) is 26.9. The van der Waals surface area contributed by atoms with Gasteiger partial charge >= 0.3 is 0 Å². The number of likely N-dealkylation sites (tertiary alicyclic amines) is 1. The van der Waals surface area contributed by atoms with E-state index in [-0.39, 0.29) is 24.1 Å². The zero-order valence-electron chi connectivity index (χ0n) is 22.4. The molecular formula is C30H37ClN4O3. The fourth-order valence-corrected chi connectivity index (χ4v) is 5.93. The predicted octanol–water partition coefficient (Wildman–Crippen LogP) is 4.58. The fourth-order valence-electron chi connectivity index (χ4n) is 5.74. The fraction of sp³-hybridized carbons (Fsp3) is 0.500. The normalized spacial score (nSPS) is 21.4. The summed E-state index contributed by atoms with van der Waals surface area (Å²) < 4.78 is 1.46. The number of nitrogens with one attached hydrogen (secondary N) is 1. The van der Waals surface area contributed by atoms with Crippen molar-refractivity contribution in [3.63, 3.8) is 0 Å². The lowest BCUT2D eigenvalue weighted by atomic mass is 9.71. The minimum Gasteiger partial charge on any atom is -0.390 e. The van der Waals surface area contributed by atoms with Crippen LogP contribution >= 0.6 is 11.6 Å². The topological polar surface area (TPSA) is 87.5 Å². The second-order valence-electron chi connectivity index (χ2n) is 11.7. The molecule has 1 aliphatic carbocycles. The zero-order valence-corrected chi connectivity index (χ0v) is 23.2. The highest BCUT2D eigenvalue weighted by Crippen LogP contribution is 2.43. The van der Waals surface area contributed by atoms with Crippen molar-refractivity contribution in [1.82, 2.24) is 19.8 Å². The van der Waals surface area contributed by atoms with E-state index in [1.54, 1.807) is 12.1 Å². The summed E-state index contributed by atoms with van der Waals surface area (Å²) in [6, 6.07) is 13.2. The molecule has 1 aromatic heterocycles. The van der Waals surface area contributed by atoms with Gasteiger partial charge in [0.05, 0.1) is 16.5 Å². The van der Waals surface area contributed by atoms with Crippen LogP contribution in [0.1, 0.15) is 57.9 Å². The number of carbonyl (C=O) groups excluding carboxylic acids is 1. The van der Waals surface area contributed by atoms with Gasteiger partial charge in [-0.3, -0.25) is 14.2 Å². The van der Waals surface area contributed by atoms with E-state index >= 15 is 0 Å². The summed E-state index contributed by atoms with van der Waals surface area (Å²) in [5.41, 5.74) is 1.72. The molecule has 7 nitrogen and oxygen atoms in total. The van der Waals surface area contributed by atoms with Crippen molar-refractivity contribution in [3.05, 3.63) is 63.4 Å². The van der Waals surface area contributed by atoms with E-state index in [2.05, 4.69) is 16.3 Å². The number of benzene rings is 2. The van der Waals surface area contributed by atoms with Crippen LogP contribution in [0.15, 0.2) is 47.3 Å². The summed E-state index contributed by atoms with van der Waals surface area (Å²) in [7, 11) is 0. The second kappa shape index (κ2) is 10.8. The molecule has 2 aliphatic rings. The minimum absolute atomic E-state index is 0.0301. The minimum atomic E-state index is -0.521. The Labute approximate surface area is 228 Å². The SMILES string of the molecule is CC(C)NC(=O)Cn1c(-c2cccc(Cl)c2)nc2ccc([C@H]3C[C@@H](CN4CCC(C)(O)CC4)C3)cc2c1=O. The number of piperidine rings is 1. The van der Waals surface area contributed by atoms with E-state index in [4.69, 9.17) is 16.6 Å². The lowest BCUT2D eigenvalue weighted by molar-refractivity contribution is -0.122. The molecule has 0 radical (unpaired) electrons. The highest BCUT2D eigenvalue weighted by atomic mass is 35.5. The van der Waals surface area contributed by atoms with Crippen LogP contribution in [0.2, 0.25) is 5.02 Å². The number of hydrogen-bond donors (Lipinski definition) is 2. The van der Waals surface area contributed by atoms with Gasteiger partial charge in [-0.05, 0) is 88.1 Å². The third kappa shape index (κ3) is 5.95. The van der Waals surface area contributed by atoms with Gasteiger partial charge in [-0.15, -0.1) is 0 Å². The number of carbonyl (C=O) groups is 1. The molecule has 8 heteroatoms. The van der Waals surface area contributed by atoms with Crippen molar-refractivity contribution in [2.24, 2.45) is 5.92 Å². The molecule has 1 saturated heterocycles. The Kier molecular flexibility index (Phi) is 7.63. The first-order valence-corrected chi connectivity index (χ1v) is 14.0. The van der Waals surface area contributed by atoms with E-state index in [9.17, 15) is 14.7 Å². The van der Waals surface area contributed by atoms with E-state index in [1.165, 1.54) is 4.57 Å². The number of aliphatic hydroxyl groups is 1. The monoisotopic (exact) mass is 536 g/mol. The van der Waals surface area contributed by atoms with Crippen LogP contribution < -0.4 is 10.9 Å². The molecule has 1 saturated carbocycles. The first-order valence-electron chi connectivity index (χ1n) is 13.6. The van der Waals surface area contributed by atoms with Gasteiger partial charge < -0.3 is 15.3 Å². The molecule has 0 unspecified atom stereocenters. The average Bonchev–Trinajstić information content (AvgIpc) is 2.83. The third-order valence-electron chi connectivity index (χ3n) is 7.97. The summed E-state index contributed by atoms with van der Waals surface area (Å²) in [5.74, 6) is 1.25. The molecule has 2 fully saturated rings. The van der Waals surface area contributed by atoms with Crippen molar-refractivity contribution in [2.45, 2.75) is 70.6 Å². The lowest BCUT2D eigenvalue weighted by Crippen LogP contribution is -2.45. The molecule has 38 heavy (non-hydrogen) atoms. The van der Waals surface area contributed by atoms with Crippen molar-refractivity contribution in [1.29, 1.82) is 0 Å². The summed E-state index contributed by atoms with van der Waals surface area (Å²) in [6.07, 6.45) is 3.85. The quantitative estimate of drug-likeness (QED) is 0.461. The molecule has 202 valence electrons. The number of nitrogens with zero attached hydrogens (tertiary/aromatic N) is 3. The smallest absolute Gasteiger partial charge is 0.262 e. The summed E-state index contributed by atoms with van der Waals surface area (Å²) >= 11 is 6.23. The second-order valence-corrected chi connectivity index (χ2v) is 12.1. The van der Waals surface area contributed by atoms with Gasteiger partial charge in [0.1, 0.15) is 12.4 Å². The maximum absolute atomic E-state index is 13.8. The average molecular weight is 537 g/mol. The summed E-state index contributed by atoms with van der Waals surface area (Å²) in [6.45, 7) is 8.58. The number of halogens is 1. The van der Waals surface area contributed by atoms with E-state index < -0.39 is 5.60 Å². The Morgan fingerprint density at radius 2 is 1.92 bits per heavy atom. The third-order valence-corrected chi connectivity index (χ3v) is 8.20. The van der Waals surface area contributed by atoms with Crippen molar-refractivity contribution in [2.75, 3.05) is 19.6 Å². The molecule has 2 aromatic carbocycles. The van der Waals surface area contributed by atoms with Crippen LogP contribution in [0.4, 0.5) is 0 Å². The van der Waals surface area contributed by atoms with E-state index in [0.717, 1.165) is 50.9 Å².